The van der Waals surface area contributed by atoms with Gasteiger partial charge in [0.2, 0.25) is 0 Å². The van der Waals surface area contributed by atoms with Gasteiger partial charge in [-0.1, -0.05) is 30.3 Å². The minimum atomic E-state index is 0.182. The van der Waals surface area contributed by atoms with Crippen LogP contribution in [0.5, 0.6) is 0 Å². The third kappa shape index (κ3) is 3.01. The van der Waals surface area contributed by atoms with Crippen molar-refractivity contribution in [1.82, 2.24) is 9.47 Å². The fraction of sp³-hybridized carbons (Fsp3) is 0.318. The van der Waals surface area contributed by atoms with Gasteiger partial charge in [-0.05, 0) is 31.2 Å². The van der Waals surface area contributed by atoms with Gasteiger partial charge < -0.3 is 9.47 Å². The number of fused-ring (bicyclic) bond motifs is 1. The predicted octanol–water partition coefficient (Wildman–Crippen LogP) is 3.17. The van der Waals surface area contributed by atoms with Gasteiger partial charge in [0.1, 0.15) is 0 Å². The quantitative estimate of drug-likeness (QED) is 0.729. The molecule has 0 aliphatic carbocycles. The maximum atomic E-state index is 13.0. The van der Waals surface area contributed by atoms with Gasteiger partial charge in [-0.25, -0.2) is 0 Å². The molecule has 1 fully saturated rings. The molecule has 0 bridgehead atoms. The van der Waals surface area contributed by atoms with E-state index in [0.29, 0.717) is 0 Å². The largest absolute Gasteiger partial charge is 0.369 e. The Labute approximate surface area is 154 Å². The fourth-order valence-corrected chi connectivity index (χ4v) is 3.88. The van der Waals surface area contributed by atoms with E-state index in [1.807, 2.05) is 31.3 Å². The van der Waals surface area contributed by atoms with E-state index in [1.54, 1.807) is 0 Å². The number of para-hydroxylation sites is 2. The van der Waals surface area contributed by atoms with Gasteiger partial charge in [0.15, 0.2) is 5.43 Å². The average molecular weight is 347 g/mol. The molecule has 26 heavy (non-hydrogen) atoms. The number of piperazine rings is 1. The number of anilines is 1. The first-order valence-electron chi connectivity index (χ1n) is 9.24. The molecule has 4 nitrogen and oxygen atoms in total. The third-order valence-electron chi connectivity index (χ3n) is 5.60. The molecule has 1 aromatic heterocycles. The lowest BCUT2D eigenvalue weighted by atomic mass is 10.1. The zero-order valence-electron chi connectivity index (χ0n) is 15.5. The van der Waals surface area contributed by atoms with Gasteiger partial charge in [0, 0.05) is 62.1 Å². The average Bonchev–Trinajstić information content (AvgIpc) is 2.71. The zero-order valence-corrected chi connectivity index (χ0v) is 15.5. The van der Waals surface area contributed by atoms with Crippen LogP contribution in [0.15, 0.2) is 59.4 Å². The monoisotopic (exact) mass is 347 g/mol. The van der Waals surface area contributed by atoms with E-state index in [0.717, 1.165) is 54.9 Å². The second kappa shape index (κ2) is 6.96. The summed E-state index contributed by atoms with van der Waals surface area (Å²) in [6, 6.07) is 18.5. The van der Waals surface area contributed by atoms with Gasteiger partial charge in [-0.3, -0.25) is 9.69 Å². The summed E-state index contributed by atoms with van der Waals surface area (Å²) in [5.74, 6) is 0. The molecule has 2 heterocycles. The molecule has 1 aliphatic heterocycles. The lowest BCUT2D eigenvalue weighted by Crippen LogP contribution is -2.46. The number of nitrogens with zero attached hydrogens (tertiary/aromatic N) is 3. The minimum Gasteiger partial charge on any atom is -0.369 e. The van der Waals surface area contributed by atoms with E-state index in [4.69, 9.17) is 0 Å². The van der Waals surface area contributed by atoms with Crippen molar-refractivity contribution in [3.05, 3.63) is 76.1 Å². The van der Waals surface area contributed by atoms with E-state index in [2.05, 4.69) is 51.6 Å². The summed E-state index contributed by atoms with van der Waals surface area (Å²) in [6.07, 6.45) is 0. The Hall–Kier alpha value is -2.59. The molecule has 2 aromatic carbocycles. The lowest BCUT2D eigenvalue weighted by Gasteiger charge is -2.36. The second-order valence-electron chi connectivity index (χ2n) is 7.07. The van der Waals surface area contributed by atoms with Gasteiger partial charge >= 0.3 is 0 Å². The molecular weight excluding hydrogens is 322 g/mol. The van der Waals surface area contributed by atoms with Crippen LogP contribution in [-0.2, 0) is 13.6 Å². The molecule has 0 saturated carbocycles. The number of pyridine rings is 1. The van der Waals surface area contributed by atoms with Crippen LogP contribution in [0, 0.1) is 6.92 Å². The van der Waals surface area contributed by atoms with Crippen molar-refractivity contribution in [2.45, 2.75) is 13.5 Å². The van der Waals surface area contributed by atoms with Crippen molar-refractivity contribution < 1.29 is 0 Å². The molecule has 0 amide bonds. The fourth-order valence-electron chi connectivity index (χ4n) is 3.88. The van der Waals surface area contributed by atoms with Crippen molar-refractivity contribution >= 4 is 16.6 Å². The van der Waals surface area contributed by atoms with Crippen LogP contribution in [0.2, 0.25) is 0 Å². The Morgan fingerprint density at radius 3 is 2.27 bits per heavy atom. The first kappa shape index (κ1) is 16.9. The van der Waals surface area contributed by atoms with E-state index < -0.39 is 0 Å². The van der Waals surface area contributed by atoms with Crippen LogP contribution in [0.4, 0.5) is 5.69 Å². The summed E-state index contributed by atoms with van der Waals surface area (Å²) in [6.45, 7) is 6.73. The topological polar surface area (TPSA) is 28.5 Å². The van der Waals surface area contributed by atoms with Crippen molar-refractivity contribution in [3.63, 3.8) is 0 Å². The maximum absolute atomic E-state index is 13.0. The summed E-state index contributed by atoms with van der Waals surface area (Å²) in [7, 11) is 2.05. The van der Waals surface area contributed by atoms with Crippen LogP contribution >= 0.6 is 0 Å². The second-order valence-corrected chi connectivity index (χ2v) is 7.07. The molecule has 0 radical (unpaired) electrons. The first-order valence-corrected chi connectivity index (χ1v) is 9.24. The van der Waals surface area contributed by atoms with Crippen LogP contribution in [0.25, 0.3) is 10.9 Å². The number of aromatic nitrogens is 1. The summed E-state index contributed by atoms with van der Waals surface area (Å²) in [5, 5.41) is 0.818. The summed E-state index contributed by atoms with van der Waals surface area (Å²) in [5.41, 5.74) is 4.47. The van der Waals surface area contributed by atoms with Crippen molar-refractivity contribution in [2.24, 2.45) is 7.05 Å². The standard InChI is InChI=1S/C22H25N3O/c1-17-20(22(26)19-10-6-7-11-21(19)23(17)2)16-24-12-14-25(15-13-24)18-8-4-3-5-9-18/h3-11H,12-16H2,1-2H3. The molecule has 134 valence electrons. The first-order chi connectivity index (χ1) is 12.6. The van der Waals surface area contributed by atoms with Crippen molar-refractivity contribution in [2.75, 3.05) is 31.1 Å². The Morgan fingerprint density at radius 1 is 0.885 bits per heavy atom. The number of hydrogen-bond acceptors (Lipinski definition) is 3. The van der Waals surface area contributed by atoms with E-state index in [1.165, 1.54) is 5.69 Å². The van der Waals surface area contributed by atoms with Crippen LogP contribution < -0.4 is 10.3 Å². The summed E-state index contributed by atoms with van der Waals surface area (Å²) < 4.78 is 2.15. The molecule has 4 heteroatoms. The van der Waals surface area contributed by atoms with Gasteiger partial charge in [-0.15, -0.1) is 0 Å². The zero-order chi connectivity index (χ0) is 18.1. The predicted molar refractivity (Wildman–Crippen MR) is 108 cm³/mol. The Kier molecular flexibility index (Phi) is 4.51. The third-order valence-corrected chi connectivity index (χ3v) is 5.60. The molecule has 0 spiro atoms. The smallest absolute Gasteiger partial charge is 0.194 e. The molecule has 0 N–H and O–H groups in total. The molecule has 1 saturated heterocycles. The molecule has 1 aliphatic rings. The summed E-state index contributed by atoms with van der Waals surface area (Å²) >= 11 is 0. The summed E-state index contributed by atoms with van der Waals surface area (Å²) in [4.78, 5) is 17.8. The number of hydrogen-bond donors (Lipinski definition) is 0. The van der Waals surface area contributed by atoms with Crippen molar-refractivity contribution in [3.8, 4) is 0 Å². The van der Waals surface area contributed by atoms with E-state index >= 15 is 0 Å². The van der Waals surface area contributed by atoms with E-state index in [9.17, 15) is 4.79 Å². The Balaban J connectivity index is 1.55. The van der Waals surface area contributed by atoms with Crippen molar-refractivity contribution in [1.29, 1.82) is 0 Å². The molecule has 0 atom stereocenters. The van der Waals surface area contributed by atoms with Crippen LogP contribution in [0.3, 0.4) is 0 Å². The number of rotatable bonds is 3. The lowest BCUT2D eigenvalue weighted by molar-refractivity contribution is 0.248. The highest BCUT2D eigenvalue weighted by Gasteiger charge is 2.20. The molecule has 0 unspecified atom stereocenters. The van der Waals surface area contributed by atoms with Gasteiger partial charge in [0.05, 0.1) is 5.52 Å². The molecule has 3 aromatic rings. The van der Waals surface area contributed by atoms with Gasteiger partial charge in [0.25, 0.3) is 0 Å². The van der Waals surface area contributed by atoms with Gasteiger partial charge in [-0.2, -0.15) is 0 Å². The number of benzene rings is 2. The number of aryl methyl sites for hydroxylation is 1. The Morgan fingerprint density at radius 2 is 1.54 bits per heavy atom. The Bertz CT molecular complexity index is 970. The molecule has 4 rings (SSSR count). The highest BCUT2D eigenvalue weighted by molar-refractivity contribution is 5.80. The SMILES string of the molecule is Cc1c(CN2CCN(c3ccccc3)CC2)c(=O)c2ccccc2n1C. The highest BCUT2D eigenvalue weighted by Crippen LogP contribution is 2.19. The van der Waals surface area contributed by atoms with Crippen LogP contribution in [0.1, 0.15) is 11.3 Å². The molecular formula is C22H25N3O. The normalized spacial score (nSPS) is 15.5. The maximum Gasteiger partial charge on any atom is 0.194 e. The minimum absolute atomic E-state index is 0.182. The van der Waals surface area contributed by atoms with Crippen LogP contribution in [-0.4, -0.2) is 35.6 Å². The highest BCUT2D eigenvalue weighted by atomic mass is 16.1. The van der Waals surface area contributed by atoms with E-state index in [-0.39, 0.29) is 5.43 Å².